The number of aliphatic hydroxyl groups is 1. The average Bonchev–Trinajstić information content (AvgIpc) is 2.76. The fourth-order valence-electron chi connectivity index (χ4n) is 4.81. The van der Waals surface area contributed by atoms with Gasteiger partial charge in [0.25, 0.3) is 0 Å². The summed E-state index contributed by atoms with van der Waals surface area (Å²) in [7, 11) is 0. The number of ketones is 1. The van der Waals surface area contributed by atoms with Crippen LogP contribution in [0.2, 0.25) is 0 Å². The van der Waals surface area contributed by atoms with Crippen LogP contribution in [0.4, 0.5) is 13.2 Å². The predicted molar refractivity (Wildman–Crippen MR) is 130 cm³/mol. The van der Waals surface area contributed by atoms with Crippen molar-refractivity contribution in [1.29, 1.82) is 5.26 Å². The van der Waals surface area contributed by atoms with E-state index in [1.54, 1.807) is 26.8 Å². The molecule has 0 aromatic heterocycles. The number of carbonyl (C=O) groups excluding carboxylic acids is 1. The second-order valence-electron chi connectivity index (χ2n) is 10.4. The molecule has 0 amide bonds. The molecule has 0 saturated heterocycles. The highest BCUT2D eigenvalue weighted by atomic mass is 19.4. The van der Waals surface area contributed by atoms with Crippen molar-refractivity contribution in [2.45, 2.75) is 83.7 Å². The van der Waals surface area contributed by atoms with Gasteiger partial charge in [-0.3, -0.25) is 10.1 Å². The Balaban J connectivity index is 2.00. The number of nitrogens with one attached hydrogen (secondary N) is 2. The number of ether oxygens (including phenoxy) is 1. The third-order valence-electron chi connectivity index (χ3n) is 6.37. The van der Waals surface area contributed by atoms with E-state index >= 15 is 0 Å². The molecule has 0 radical (unpaired) electrons. The minimum Gasteiger partial charge on any atom is -0.381 e. The van der Waals surface area contributed by atoms with Gasteiger partial charge in [0.15, 0.2) is 5.78 Å². The Hall–Kier alpha value is -2.67. The van der Waals surface area contributed by atoms with Crippen LogP contribution in [0.3, 0.4) is 0 Å². The molecule has 196 valence electrons. The summed E-state index contributed by atoms with van der Waals surface area (Å²) < 4.78 is 45.5. The Labute approximate surface area is 210 Å². The van der Waals surface area contributed by atoms with Crippen molar-refractivity contribution >= 4 is 5.78 Å². The Morgan fingerprint density at radius 2 is 1.92 bits per heavy atom. The highest BCUT2D eigenvalue weighted by Crippen LogP contribution is 2.35. The normalized spacial score (nSPS) is 26.8. The van der Waals surface area contributed by atoms with Crippen LogP contribution in [-0.2, 0) is 9.53 Å². The molecule has 0 saturated carbocycles. The molecule has 3 N–H and O–H groups in total. The zero-order valence-electron chi connectivity index (χ0n) is 21.0. The molecule has 0 aromatic rings. The number of hydrogen-bond donors (Lipinski definition) is 3. The Bertz CT molecular complexity index is 1040. The monoisotopic (exact) mass is 505 g/mol. The lowest BCUT2D eigenvalue weighted by molar-refractivity contribution is -0.185. The summed E-state index contributed by atoms with van der Waals surface area (Å²) in [5, 5.41) is 26.2. The number of alkyl halides is 3. The maximum atomic E-state index is 13.3. The largest absolute Gasteiger partial charge is 0.416 e. The lowest BCUT2D eigenvalue weighted by Crippen LogP contribution is -2.51. The van der Waals surface area contributed by atoms with Gasteiger partial charge in [0.2, 0.25) is 6.41 Å². The van der Waals surface area contributed by atoms with Gasteiger partial charge < -0.3 is 15.2 Å². The Morgan fingerprint density at radius 3 is 2.53 bits per heavy atom. The molecule has 36 heavy (non-hydrogen) atoms. The van der Waals surface area contributed by atoms with E-state index in [9.17, 15) is 28.3 Å². The van der Waals surface area contributed by atoms with Crippen LogP contribution in [0.5, 0.6) is 0 Å². The second kappa shape index (κ2) is 11.2. The first-order chi connectivity index (χ1) is 16.8. The van der Waals surface area contributed by atoms with Gasteiger partial charge in [-0.2, -0.15) is 18.4 Å². The summed E-state index contributed by atoms with van der Waals surface area (Å²) >= 11 is 0. The molecule has 3 rings (SSSR count). The molecule has 0 aliphatic heterocycles. The van der Waals surface area contributed by atoms with Gasteiger partial charge in [0, 0.05) is 41.3 Å². The van der Waals surface area contributed by atoms with Gasteiger partial charge in [-0.15, -0.1) is 0 Å². The van der Waals surface area contributed by atoms with Crippen molar-refractivity contribution in [3.8, 4) is 6.07 Å². The van der Waals surface area contributed by atoms with Crippen molar-refractivity contribution in [2.24, 2.45) is 11.8 Å². The van der Waals surface area contributed by atoms with Crippen molar-refractivity contribution in [1.82, 2.24) is 10.6 Å². The van der Waals surface area contributed by atoms with Crippen LogP contribution in [0, 0.1) is 23.2 Å². The van der Waals surface area contributed by atoms with E-state index in [4.69, 9.17) is 4.74 Å². The zero-order chi connectivity index (χ0) is 26.7. The number of nitrogens with zero attached hydrogens (tertiary/aromatic N) is 1. The quantitative estimate of drug-likeness (QED) is 0.434. The molecular weight excluding hydrogens is 471 g/mol. The van der Waals surface area contributed by atoms with Crippen LogP contribution < -0.4 is 10.6 Å². The molecule has 9 heteroatoms. The molecular formula is C27H34F3N3O3. The van der Waals surface area contributed by atoms with Crippen molar-refractivity contribution in [2.75, 3.05) is 0 Å². The number of aliphatic hydroxyl groups excluding tert-OH is 1. The SMILES string of the molecule is CC1C=C(C#N)C=CC1C(NC(O)OC(C)(C)C)C1=C(NC2C=C(C(F)(F)F)C=CC2)CCCC1=O. The van der Waals surface area contributed by atoms with Crippen molar-refractivity contribution in [3.05, 3.63) is 58.9 Å². The number of allylic oxidation sites excluding steroid dienone is 6. The molecule has 0 spiro atoms. The van der Waals surface area contributed by atoms with E-state index in [-0.39, 0.29) is 17.6 Å². The zero-order valence-corrected chi connectivity index (χ0v) is 21.0. The summed E-state index contributed by atoms with van der Waals surface area (Å²) in [6.45, 7) is 7.29. The van der Waals surface area contributed by atoms with E-state index in [0.717, 1.165) is 12.2 Å². The third-order valence-corrected chi connectivity index (χ3v) is 6.37. The van der Waals surface area contributed by atoms with Crippen LogP contribution in [0.25, 0.3) is 0 Å². The topological polar surface area (TPSA) is 94.4 Å². The molecule has 0 bridgehead atoms. The molecule has 5 atom stereocenters. The molecule has 0 aromatic carbocycles. The first-order valence-electron chi connectivity index (χ1n) is 12.2. The van der Waals surface area contributed by atoms with E-state index in [0.29, 0.717) is 42.5 Å². The lowest BCUT2D eigenvalue weighted by atomic mass is 9.76. The van der Waals surface area contributed by atoms with E-state index < -0.39 is 35.8 Å². The fourth-order valence-corrected chi connectivity index (χ4v) is 4.81. The minimum atomic E-state index is -4.46. The lowest BCUT2D eigenvalue weighted by Gasteiger charge is -2.38. The number of hydrogen-bond acceptors (Lipinski definition) is 6. The number of halogens is 3. The summed E-state index contributed by atoms with van der Waals surface area (Å²) in [5.41, 5.74) is 0.0883. The third kappa shape index (κ3) is 7.19. The molecule has 3 aliphatic rings. The molecule has 3 aliphatic carbocycles. The Kier molecular flexibility index (Phi) is 8.65. The van der Waals surface area contributed by atoms with Crippen LogP contribution in [0.1, 0.15) is 53.4 Å². The average molecular weight is 506 g/mol. The summed E-state index contributed by atoms with van der Waals surface area (Å²) in [6, 6.07) is 0.806. The standard InChI is InChI=1S/C27H34F3N3O3/c1-16-13-17(15-31)11-12-20(16)24(33-25(35)36-26(2,3)4)23-21(9-6-10-22(23)34)32-19-8-5-7-18(14-19)27(28,29)30/h5,7,11-14,16,19-20,24-25,32-33,35H,6,8-10H2,1-4H3. The number of rotatable bonds is 7. The smallest absolute Gasteiger partial charge is 0.381 e. The highest BCUT2D eigenvalue weighted by Gasteiger charge is 2.38. The van der Waals surface area contributed by atoms with Gasteiger partial charge >= 0.3 is 6.18 Å². The highest BCUT2D eigenvalue weighted by molar-refractivity contribution is 5.98. The number of Topliss-reactive ketones (excluding diaryl/α,β-unsaturated/α-hetero) is 1. The summed E-state index contributed by atoms with van der Waals surface area (Å²) in [5.74, 6) is -0.588. The van der Waals surface area contributed by atoms with Crippen LogP contribution in [-0.4, -0.2) is 41.2 Å². The number of carbonyl (C=O) groups is 1. The van der Waals surface area contributed by atoms with Gasteiger partial charge in [-0.1, -0.05) is 31.2 Å². The van der Waals surface area contributed by atoms with E-state index in [1.807, 2.05) is 19.1 Å². The van der Waals surface area contributed by atoms with Crippen LogP contribution >= 0.6 is 0 Å². The summed E-state index contributed by atoms with van der Waals surface area (Å²) in [4.78, 5) is 13.3. The first-order valence-corrected chi connectivity index (χ1v) is 12.2. The van der Waals surface area contributed by atoms with E-state index in [2.05, 4.69) is 16.7 Å². The molecule has 5 unspecified atom stereocenters. The molecule has 6 nitrogen and oxygen atoms in total. The minimum absolute atomic E-state index is 0.133. The van der Waals surface area contributed by atoms with Gasteiger partial charge in [-0.05, 0) is 58.1 Å². The first kappa shape index (κ1) is 27.9. The maximum absolute atomic E-state index is 13.3. The predicted octanol–water partition coefficient (Wildman–Crippen LogP) is 4.72. The fraction of sp³-hybridized carbons (Fsp3) is 0.556. The van der Waals surface area contributed by atoms with Gasteiger partial charge in [0.1, 0.15) is 0 Å². The number of nitriles is 1. The van der Waals surface area contributed by atoms with Crippen LogP contribution in [0.15, 0.2) is 58.9 Å². The molecule has 0 fully saturated rings. The second-order valence-corrected chi connectivity index (χ2v) is 10.4. The maximum Gasteiger partial charge on any atom is 0.416 e. The van der Waals surface area contributed by atoms with Gasteiger partial charge in [-0.25, -0.2) is 0 Å². The van der Waals surface area contributed by atoms with Crippen molar-refractivity contribution < 1.29 is 27.8 Å². The van der Waals surface area contributed by atoms with Crippen molar-refractivity contribution in [3.63, 3.8) is 0 Å². The van der Waals surface area contributed by atoms with Gasteiger partial charge in [0.05, 0.1) is 17.2 Å². The Morgan fingerprint density at radius 1 is 1.19 bits per heavy atom. The van der Waals surface area contributed by atoms with E-state index in [1.165, 1.54) is 6.08 Å². The summed E-state index contributed by atoms with van der Waals surface area (Å²) in [6.07, 6.45) is 4.89. The molecule has 0 heterocycles.